The van der Waals surface area contributed by atoms with Gasteiger partial charge in [0.1, 0.15) is 17.3 Å². The highest BCUT2D eigenvalue weighted by Crippen LogP contribution is 2.26. The second kappa shape index (κ2) is 8.04. The Morgan fingerprint density at radius 1 is 1.31 bits per heavy atom. The minimum atomic E-state index is -0.00656. The first kappa shape index (κ1) is 18.6. The van der Waals surface area contributed by atoms with E-state index in [4.69, 9.17) is 11.6 Å². The van der Waals surface area contributed by atoms with E-state index in [0.717, 1.165) is 37.1 Å². The summed E-state index contributed by atoms with van der Waals surface area (Å²) in [6.07, 6.45) is 4.28. The topological polar surface area (TPSA) is 58.1 Å². The number of rotatable bonds is 4. The molecule has 1 fully saturated rings. The number of carbonyl (C=O) groups excluding carboxylic acids is 1. The zero-order valence-corrected chi connectivity index (χ0v) is 16.3. The molecular formula is C20H25ClN4O. The molecule has 1 atom stereocenters. The van der Waals surface area contributed by atoms with Crippen LogP contribution in [-0.4, -0.2) is 33.4 Å². The number of anilines is 2. The van der Waals surface area contributed by atoms with Gasteiger partial charge in [0, 0.05) is 29.4 Å². The van der Waals surface area contributed by atoms with Gasteiger partial charge in [0.15, 0.2) is 0 Å². The van der Waals surface area contributed by atoms with E-state index in [0.29, 0.717) is 28.4 Å². The lowest BCUT2D eigenvalue weighted by Gasteiger charge is -2.35. The Morgan fingerprint density at radius 2 is 2.12 bits per heavy atom. The molecule has 0 spiro atoms. The summed E-state index contributed by atoms with van der Waals surface area (Å²) in [4.78, 5) is 23.8. The van der Waals surface area contributed by atoms with E-state index in [-0.39, 0.29) is 5.91 Å². The van der Waals surface area contributed by atoms with E-state index in [1.54, 1.807) is 13.0 Å². The summed E-state index contributed by atoms with van der Waals surface area (Å²) >= 11 is 6.19. The van der Waals surface area contributed by atoms with Crippen LogP contribution in [0.15, 0.2) is 24.3 Å². The number of aromatic nitrogens is 2. The summed E-state index contributed by atoms with van der Waals surface area (Å²) in [5.41, 5.74) is 2.26. The number of nitrogens with zero attached hydrogens (tertiary/aromatic N) is 3. The molecule has 0 saturated carbocycles. The standard InChI is InChI=1S/C20H25ClN4O/c1-4-15-8-5-6-11-25(15)20(26)18-12-19(23-14(3)22-18)24-17-10-7-9-16(21)13(17)2/h7,9-10,12,15H,4-6,8,11H2,1-3H3,(H,22,23,24). The number of hydrogen-bond donors (Lipinski definition) is 1. The Bertz CT molecular complexity index is 808. The molecule has 0 aliphatic carbocycles. The number of nitrogens with one attached hydrogen (secondary N) is 1. The van der Waals surface area contributed by atoms with Gasteiger partial charge < -0.3 is 10.2 Å². The van der Waals surface area contributed by atoms with Gasteiger partial charge in [0.2, 0.25) is 0 Å². The number of piperidine rings is 1. The van der Waals surface area contributed by atoms with Crippen LogP contribution in [0, 0.1) is 13.8 Å². The lowest BCUT2D eigenvalue weighted by molar-refractivity contribution is 0.0601. The molecular weight excluding hydrogens is 348 g/mol. The van der Waals surface area contributed by atoms with E-state index < -0.39 is 0 Å². The van der Waals surface area contributed by atoms with Crippen molar-refractivity contribution in [2.75, 3.05) is 11.9 Å². The molecule has 2 heterocycles. The van der Waals surface area contributed by atoms with Gasteiger partial charge in [0.25, 0.3) is 5.91 Å². The average molecular weight is 373 g/mol. The minimum absolute atomic E-state index is 0.00656. The first-order valence-corrected chi connectivity index (χ1v) is 9.56. The maximum absolute atomic E-state index is 13.0. The molecule has 1 saturated heterocycles. The fourth-order valence-corrected chi connectivity index (χ4v) is 3.64. The van der Waals surface area contributed by atoms with Crippen molar-refractivity contribution >= 4 is 29.0 Å². The van der Waals surface area contributed by atoms with Crippen molar-refractivity contribution in [3.8, 4) is 0 Å². The van der Waals surface area contributed by atoms with Crippen molar-refractivity contribution in [1.29, 1.82) is 0 Å². The zero-order valence-electron chi connectivity index (χ0n) is 15.6. The number of amides is 1. The third-order valence-corrected chi connectivity index (χ3v) is 5.36. The summed E-state index contributed by atoms with van der Waals surface area (Å²) in [5, 5.41) is 3.96. The van der Waals surface area contributed by atoms with E-state index in [1.807, 2.05) is 30.0 Å². The molecule has 1 amide bonds. The fraction of sp³-hybridized carbons (Fsp3) is 0.450. The second-order valence-electron chi connectivity index (χ2n) is 6.78. The third-order valence-electron chi connectivity index (χ3n) is 4.95. The van der Waals surface area contributed by atoms with E-state index in [1.165, 1.54) is 6.42 Å². The smallest absolute Gasteiger partial charge is 0.272 e. The number of likely N-dealkylation sites (tertiary alicyclic amines) is 1. The molecule has 6 heteroatoms. The van der Waals surface area contributed by atoms with Crippen molar-refractivity contribution < 1.29 is 4.79 Å². The van der Waals surface area contributed by atoms with Crippen LogP contribution in [0.3, 0.4) is 0 Å². The Morgan fingerprint density at radius 3 is 2.88 bits per heavy atom. The Kier molecular flexibility index (Phi) is 5.77. The Balaban J connectivity index is 1.87. The zero-order chi connectivity index (χ0) is 18.7. The Hall–Kier alpha value is -2.14. The summed E-state index contributed by atoms with van der Waals surface area (Å²) in [7, 11) is 0. The molecule has 26 heavy (non-hydrogen) atoms. The van der Waals surface area contributed by atoms with Gasteiger partial charge in [-0.1, -0.05) is 24.6 Å². The number of benzene rings is 1. The molecule has 2 aromatic rings. The highest BCUT2D eigenvalue weighted by molar-refractivity contribution is 6.31. The normalized spacial score (nSPS) is 17.2. The van der Waals surface area contributed by atoms with Crippen molar-refractivity contribution in [3.05, 3.63) is 46.4 Å². The van der Waals surface area contributed by atoms with Gasteiger partial charge in [-0.2, -0.15) is 0 Å². The second-order valence-corrected chi connectivity index (χ2v) is 7.19. The van der Waals surface area contributed by atoms with Gasteiger partial charge in [-0.15, -0.1) is 0 Å². The van der Waals surface area contributed by atoms with E-state index in [2.05, 4.69) is 22.2 Å². The molecule has 3 rings (SSSR count). The van der Waals surface area contributed by atoms with Crippen LogP contribution in [0.2, 0.25) is 5.02 Å². The van der Waals surface area contributed by atoms with Crippen LogP contribution >= 0.6 is 11.6 Å². The van der Waals surface area contributed by atoms with Crippen LogP contribution in [0.25, 0.3) is 0 Å². The molecule has 0 bridgehead atoms. The van der Waals surface area contributed by atoms with Crippen LogP contribution in [0.5, 0.6) is 0 Å². The minimum Gasteiger partial charge on any atom is -0.340 e. The highest BCUT2D eigenvalue weighted by Gasteiger charge is 2.27. The van der Waals surface area contributed by atoms with Gasteiger partial charge in [-0.25, -0.2) is 9.97 Å². The van der Waals surface area contributed by atoms with Crippen molar-refractivity contribution in [2.45, 2.75) is 52.5 Å². The lowest BCUT2D eigenvalue weighted by atomic mass is 9.99. The molecule has 1 aliphatic heterocycles. The molecule has 1 N–H and O–H groups in total. The van der Waals surface area contributed by atoms with Crippen LogP contribution in [0.1, 0.15) is 54.5 Å². The van der Waals surface area contributed by atoms with Crippen LogP contribution < -0.4 is 5.32 Å². The van der Waals surface area contributed by atoms with Crippen molar-refractivity contribution in [2.24, 2.45) is 0 Å². The lowest BCUT2D eigenvalue weighted by Crippen LogP contribution is -2.43. The summed E-state index contributed by atoms with van der Waals surface area (Å²) in [5.74, 6) is 1.17. The largest absolute Gasteiger partial charge is 0.340 e. The molecule has 1 aromatic heterocycles. The van der Waals surface area contributed by atoms with Gasteiger partial charge in [0.05, 0.1) is 0 Å². The third kappa shape index (κ3) is 3.98. The monoisotopic (exact) mass is 372 g/mol. The number of halogens is 1. The molecule has 1 aliphatic rings. The predicted molar refractivity (Wildman–Crippen MR) is 105 cm³/mol. The predicted octanol–water partition coefficient (Wildman–Crippen LogP) is 4.90. The van der Waals surface area contributed by atoms with E-state index in [9.17, 15) is 4.79 Å². The first-order chi connectivity index (χ1) is 12.5. The quantitative estimate of drug-likeness (QED) is 0.829. The maximum atomic E-state index is 13.0. The SMILES string of the molecule is CCC1CCCCN1C(=O)c1cc(Nc2cccc(Cl)c2C)nc(C)n1. The number of carbonyl (C=O) groups is 1. The molecule has 5 nitrogen and oxygen atoms in total. The molecule has 138 valence electrons. The number of aryl methyl sites for hydroxylation is 1. The summed E-state index contributed by atoms with van der Waals surface area (Å²) < 4.78 is 0. The Labute approximate surface area is 159 Å². The molecule has 1 unspecified atom stereocenters. The van der Waals surface area contributed by atoms with Gasteiger partial charge >= 0.3 is 0 Å². The van der Waals surface area contributed by atoms with Gasteiger partial charge in [-0.3, -0.25) is 4.79 Å². The number of hydrogen-bond acceptors (Lipinski definition) is 4. The first-order valence-electron chi connectivity index (χ1n) is 9.18. The van der Waals surface area contributed by atoms with E-state index >= 15 is 0 Å². The van der Waals surface area contributed by atoms with Gasteiger partial charge in [-0.05, 0) is 57.2 Å². The highest BCUT2D eigenvalue weighted by atomic mass is 35.5. The van der Waals surface area contributed by atoms with Crippen LogP contribution in [-0.2, 0) is 0 Å². The maximum Gasteiger partial charge on any atom is 0.272 e. The van der Waals surface area contributed by atoms with Crippen molar-refractivity contribution in [3.63, 3.8) is 0 Å². The summed E-state index contributed by atoms with van der Waals surface area (Å²) in [6, 6.07) is 7.72. The van der Waals surface area contributed by atoms with Crippen molar-refractivity contribution in [1.82, 2.24) is 14.9 Å². The molecule has 1 aromatic carbocycles. The fourth-order valence-electron chi connectivity index (χ4n) is 3.46. The van der Waals surface area contributed by atoms with Crippen LogP contribution in [0.4, 0.5) is 11.5 Å². The summed E-state index contributed by atoms with van der Waals surface area (Å²) in [6.45, 7) is 6.69. The molecule has 0 radical (unpaired) electrons. The average Bonchev–Trinajstić information content (AvgIpc) is 2.64.